The molecule has 1 unspecified atom stereocenters. The number of fused-ring (bicyclic) bond motifs is 2. The van der Waals surface area contributed by atoms with Crippen molar-refractivity contribution < 1.29 is 14.6 Å². The SMILES string of the molecule is COc1ccc2c(Cl)c3c(nc2c1)OCC3O. The van der Waals surface area contributed by atoms with E-state index in [1.165, 1.54) is 0 Å². The number of benzene rings is 1. The van der Waals surface area contributed by atoms with Gasteiger partial charge in [0.1, 0.15) is 18.5 Å². The van der Waals surface area contributed by atoms with Gasteiger partial charge >= 0.3 is 0 Å². The Bertz CT molecular complexity index is 600. The highest BCUT2D eigenvalue weighted by Gasteiger charge is 2.28. The van der Waals surface area contributed by atoms with Crippen molar-refractivity contribution in [3.05, 3.63) is 28.8 Å². The van der Waals surface area contributed by atoms with E-state index >= 15 is 0 Å². The summed E-state index contributed by atoms with van der Waals surface area (Å²) in [5.74, 6) is 1.11. The molecule has 0 amide bonds. The molecule has 88 valence electrons. The maximum Gasteiger partial charge on any atom is 0.221 e. The highest BCUT2D eigenvalue weighted by molar-refractivity contribution is 6.36. The molecule has 2 heterocycles. The molecule has 0 saturated carbocycles. The third kappa shape index (κ3) is 1.52. The van der Waals surface area contributed by atoms with Crippen LogP contribution in [0.1, 0.15) is 11.7 Å². The maximum atomic E-state index is 9.75. The Kier molecular flexibility index (Phi) is 2.34. The Morgan fingerprint density at radius 1 is 1.53 bits per heavy atom. The van der Waals surface area contributed by atoms with E-state index in [0.717, 1.165) is 5.39 Å². The van der Waals surface area contributed by atoms with Gasteiger partial charge in [0.05, 0.1) is 23.2 Å². The Morgan fingerprint density at radius 2 is 2.35 bits per heavy atom. The van der Waals surface area contributed by atoms with Crippen LogP contribution in [0.3, 0.4) is 0 Å². The van der Waals surface area contributed by atoms with Gasteiger partial charge in [0.15, 0.2) is 0 Å². The minimum Gasteiger partial charge on any atom is -0.497 e. The molecule has 0 saturated heterocycles. The summed E-state index contributed by atoms with van der Waals surface area (Å²) >= 11 is 6.26. The van der Waals surface area contributed by atoms with E-state index in [4.69, 9.17) is 21.1 Å². The molecule has 0 radical (unpaired) electrons. The van der Waals surface area contributed by atoms with Crippen molar-refractivity contribution in [2.75, 3.05) is 13.7 Å². The van der Waals surface area contributed by atoms with Crippen LogP contribution in [0.4, 0.5) is 0 Å². The van der Waals surface area contributed by atoms with E-state index < -0.39 is 6.10 Å². The van der Waals surface area contributed by atoms with Crippen LogP contribution in [0.25, 0.3) is 10.9 Å². The van der Waals surface area contributed by atoms with Crippen molar-refractivity contribution >= 4 is 22.5 Å². The fraction of sp³-hybridized carbons (Fsp3) is 0.250. The van der Waals surface area contributed by atoms with Gasteiger partial charge in [-0.15, -0.1) is 0 Å². The van der Waals surface area contributed by atoms with Gasteiger partial charge in [0.25, 0.3) is 0 Å². The molecular weight excluding hydrogens is 242 g/mol. The van der Waals surface area contributed by atoms with Crippen molar-refractivity contribution in [1.29, 1.82) is 0 Å². The molecule has 0 fully saturated rings. The summed E-state index contributed by atoms with van der Waals surface area (Å²) in [4.78, 5) is 4.33. The zero-order valence-electron chi connectivity index (χ0n) is 9.11. The number of aliphatic hydroxyl groups is 1. The monoisotopic (exact) mass is 251 g/mol. The Balaban J connectivity index is 2.31. The first-order valence-electron chi connectivity index (χ1n) is 5.18. The quantitative estimate of drug-likeness (QED) is 0.845. The molecule has 1 aromatic heterocycles. The highest BCUT2D eigenvalue weighted by atomic mass is 35.5. The molecule has 5 heteroatoms. The highest BCUT2D eigenvalue weighted by Crippen LogP contribution is 2.40. The lowest BCUT2D eigenvalue weighted by Crippen LogP contribution is -1.98. The molecule has 1 N–H and O–H groups in total. The van der Waals surface area contributed by atoms with Gasteiger partial charge in [0, 0.05) is 11.5 Å². The predicted octanol–water partition coefficient (Wildman–Crippen LogP) is 2.32. The summed E-state index contributed by atoms with van der Waals surface area (Å²) in [6, 6.07) is 5.43. The van der Waals surface area contributed by atoms with Gasteiger partial charge < -0.3 is 14.6 Å². The summed E-state index contributed by atoms with van der Waals surface area (Å²) in [5, 5.41) is 11.0. The number of ether oxygens (including phenoxy) is 2. The second-order valence-electron chi connectivity index (χ2n) is 3.85. The number of hydrogen-bond acceptors (Lipinski definition) is 4. The van der Waals surface area contributed by atoms with E-state index in [1.54, 1.807) is 13.2 Å². The number of rotatable bonds is 1. The molecule has 17 heavy (non-hydrogen) atoms. The van der Waals surface area contributed by atoms with Crippen molar-refractivity contribution in [2.45, 2.75) is 6.10 Å². The van der Waals surface area contributed by atoms with Crippen LogP contribution in [0.15, 0.2) is 18.2 Å². The zero-order valence-corrected chi connectivity index (χ0v) is 9.86. The number of nitrogens with zero attached hydrogens (tertiary/aromatic N) is 1. The summed E-state index contributed by atoms with van der Waals surface area (Å²) in [6.45, 7) is 0.204. The third-order valence-electron chi connectivity index (χ3n) is 2.84. The third-order valence-corrected chi connectivity index (χ3v) is 3.25. The molecule has 1 aromatic carbocycles. The molecule has 2 aromatic rings. The second kappa shape index (κ2) is 3.75. The van der Waals surface area contributed by atoms with E-state index in [1.807, 2.05) is 12.1 Å². The Labute approximate surface area is 103 Å². The fourth-order valence-electron chi connectivity index (χ4n) is 1.97. The number of halogens is 1. The van der Waals surface area contributed by atoms with Crippen LogP contribution < -0.4 is 9.47 Å². The Hall–Kier alpha value is -1.52. The topological polar surface area (TPSA) is 51.6 Å². The number of pyridine rings is 1. The average molecular weight is 252 g/mol. The molecule has 1 aliphatic rings. The first-order valence-corrected chi connectivity index (χ1v) is 5.56. The lowest BCUT2D eigenvalue weighted by atomic mass is 10.1. The molecule has 0 bridgehead atoms. The van der Waals surface area contributed by atoms with Crippen molar-refractivity contribution in [3.63, 3.8) is 0 Å². The average Bonchev–Trinajstić information content (AvgIpc) is 2.70. The minimum absolute atomic E-state index is 0.204. The largest absolute Gasteiger partial charge is 0.497 e. The van der Waals surface area contributed by atoms with Crippen LogP contribution in [0.2, 0.25) is 5.02 Å². The van der Waals surface area contributed by atoms with Crippen LogP contribution in [-0.4, -0.2) is 23.8 Å². The van der Waals surface area contributed by atoms with Gasteiger partial charge in [-0.3, -0.25) is 0 Å². The van der Waals surface area contributed by atoms with E-state index in [2.05, 4.69) is 4.98 Å². The number of aromatic nitrogens is 1. The van der Waals surface area contributed by atoms with Gasteiger partial charge in [-0.25, -0.2) is 4.98 Å². The zero-order chi connectivity index (χ0) is 12.0. The maximum absolute atomic E-state index is 9.75. The minimum atomic E-state index is -0.698. The van der Waals surface area contributed by atoms with Gasteiger partial charge in [-0.1, -0.05) is 11.6 Å². The second-order valence-corrected chi connectivity index (χ2v) is 4.23. The van der Waals surface area contributed by atoms with Gasteiger partial charge in [-0.05, 0) is 12.1 Å². The molecule has 0 aliphatic carbocycles. The Morgan fingerprint density at radius 3 is 3.12 bits per heavy atom. The van der Waals surface area contributed by atoms with Crippen LogP contribution in [0.5, 0.6) is 11.6 Å². The lowest BCUT2D eigenvalue weighted by Gasteiger charge is -2.08. The first kappa shape index (κ1) is 10.6. The lowest BCUT2D eigenvalue weighted by molar-refractivity contribution is 0.139. The molecule has 1 atom stereocenters. The van der Waals surface area contributed by atoms with Crippen LogP contribution in [-0.2, 0) is 0 Å². The van der Waals surface area contributed by atoms with Crippen LogP contribution in [0, 0.1) is 0 Å². The van der Waals surface area contributed by atoms with E-state index in [9.17, 15) is 5.11 Å². The summed E-state index contributed by atoms with van der Waals surface area (Å²) in [5.41, 5.74) is 1.27. The smallest absolute Gasteiger partial charge is 0.221 e. The fourth-order valence-corrected chi connectivity index (χ4v) is 2.33. The van der Waals surface area contributed by atoms with Gasteiger partial charge in [0.2, 0.25) is 5.88 Å². The molecule has 3 rings (SSSR count). The molecule has 4 nitrogen and oxygen atoms in total. The van der Waals surface area contributed by atoms with E-state index in [0.29, 0.717) is 27.7 Å². The summed E-state index contributed by atoms with van der Waals surface area (Å²) in [7, 11) is 1.59. The number of methoxy groups -OCH3 is 1. The normalized spacial score (nSPS) is 17.9. The van der Waals surface area contributed by atoms with Crippen molar-refractivity contribution in [1.82, 2.24) is 4.98 Å². The summed E-state index contributed by atoms with van der Waals surface area (Å²) in [6.07, 6.45) is -0.698. The number of aliphatic hydroxyl groups excluding tert-OH is 1. The summed E-state index contributed by atoms with van der Waals surface area (Å²) < 4.78 is 10.4. The van der Waals surface area contributed by atoms with Crippen molar-refractivity contribution in [3.8, 4) is 11.6 Å². The first-order chi connectivity index (χ1) is 8.20. The van der Waals surface area contributed by atoms with Gasteiger partial charge in [-0.2, -0.15) is 0 Å². The van der Waals surface area contributed by atoms with Crippen molar-refractivity contribution in [2.24, 2.45) is 0 Å². The van der Waals surface area contributed by atoms with E-state index in [-0.39, 0.29) is 6.61 Å². The molecular formula is C12H10ClNO3. The predicted molar refractivity (Wildman–Crippen MR) is 63.8 cm³/mol. The molecule has 1 aliphatic heterocycles. The number of hydrogen-bond donors (Lipinski definition) is 1. The molecule has 0 spiro atoms. The standard InChI is InChI=1S/C12H10ClNO3/c1-16-6-2-3-7-8(4-6)14-12-10(11(7)13)9(15)5-17-12/h2-4,9,15H,5H2,1H3. The van der Waals surface area contributed by atoms with Crippen LogP contribution >= 0.6 is 11.6 Å².